The zero-order valence-corrected chi connectivity index (χ0v) is 12.0. The second kappa shape index (κ2) is 7.29. The van der Waals surface area contributed by atoms with Crippen LogP contribution in [0.25, 0.3) is 0 Å². The van der Waals surface area contributed by atoms with E-state index < -0.39 is 14.9 Å². The number of ether oxygens (including phenoxy) is 1. The van der Waals surface area contributed by atoms with Crippen molar-refractivity contribution in [1.82, 2.24) is 10.0 Å². The summed E-state index contributed by atoms with van der Waals surface area (Å²) < 4.78 is 31.3. The minimum absolute atomic E-state index is 0.0182. The molecule has 0 unspecified atom stereocenters. The van der Waals surface area contributed by atoms with E-state index in [1.54, 1.807) is 7.05 Å². The lowest BCUT2D eigenvalue weighted by Gasteiger charge is -2.15. The summed E-state index contributed by atoms with van der Waals surface area (Å²) in [5, 5.41) is 13.4. The number of nitro benzene ring substituents is 1. The number of nitrogens with zero attached hydrogens (tertiary/aromatic N) is 1. The third-order valence-corrected chi connectivity index (χ3v) is 4.09. The van der Waals surface area contributed by atoms with Crippen LogP contribution in [0.1, 0.15) is 0 Å². The predicted octanol–water partition coefficient (Wildman–Crippen LogP) is 0.108. The van der Waals surface area contributed by atoms with Gasteiger partial charge in [0, 0.05) is 31.8 Å². The van der Waals surface area contributed by atoms with E-state index in [9.17, 15) is 18.5 Å². The van der Waals surface area contributed by atoms with Gasteiger partial charge in [-0.2, -0.15) is 0 Å². The van der Waals surface area contributed by atoms with Crippen LogP contribution in [0.4, 0.5) is 5.69 Å². The third-order valence-electron chi connectivity index (χ3n) is 2.65. The van der Waals surface area contributed by atoms with Gasteiger partial charge in [0.25, 0.3) is 5.69 Å². The van der Waals surface area contributed by atoms with Crippen molar-refractivity contribution in [2.45, 2.75) is 10.9 Å². The first-order valence-electron chi connectivity index (χ1n) is 5.81. The molecule has 1 aromatic rings. The second-order valence-electron chi connectivity index (χ2n) is 4.04. The molecule has 0 amide bonds. The van der Waals surface area contributed by atoms with Gasteiger partial charge >= 0.3 is 0 Å². The summed E-state index contributed by atoms with van der Waals surface area (Å²) in [7, 11) is -0.473. The highest BCUT2D eigenvalue weighted by molar-refractivity contribution is 7.89. The van der Waals surface area contributed by atoms with Gasteiger partial charge in [-0.05, 0) is 19.2 Å². The quantitative estimate of drug-likeness (QED) is 0.521. The lowest BCUT2D eigenvalue weighted by Crippen LogP contribution is -2.41. The first kappa shape index (κ1) is 16.5. The molecule has 0 radical (unpaired) electrons. The first-order chi connectivity index (χ1) is 9.40. The molecule has 0 spiro atoms. The fourth-order valence-electron chi connectivity index (χ4n) is 1.49. The summed E-state index contributed by atoms with van der Waals surface area (Å²) in [5.41, 5.74) is -0.156. The van der Waals surface area contributed by atoms with E-state index in [0.29, 0.717) is 6.61 Å². The average molecular weight is 303 g/mol. The normalized spacial score (nSPS) is 13.1. The van der Waals surface area contributed by atoms with Crippen LogP contribution in [-0.4, -0.2) is 46.7 Å². The molecule has 9 heteroatoms. The number of non-ortho nitro benzene ring substituents is 1. The van der Waals surface area contributed by atoms with Crippen molar-refractivity contribution >= 4 is 15.7 Å². The van der Waals surface area contributed by atoms with Crippen LogP contribution in [-0.2, 0) is 14.8 Å². The summed E-state index contributed by atoms with van der Waals surface area (Å²) in [4.78, 5) is 9.90. The van der Waals surface area contributed by atoms with Crippen molar-refractivity contribution in [3.8, 4) is 0 Å². The Kier molecular flexibility index (Phi) is 6.02. The third kappa shape index (κ3) is 4.53. The van der Waals surface area contributed by atoms with E-state index in [1.807, 2.05) is 0 Å². The Morgan fingerprint density at radius 3 is 2.40 bits per heavy atom. The number of hydrogen-bond donors (Lipinski definition) is 2. The summed E-state index contributed by atoms with van der Waals surface area (Å²) in [6.45, 7) is 0.517. The minimum atomic E-state index is -3.69. The number of methoxy groups -OCH3 is 1. The fourth-order valence-corrected chi connectivity index (χ4v) is 2.57. The van der Waals surface area contributed by atoms with Gasteiger partial charge in [-0.15, -0.1) is 0 Å². The SMILES string of the molecule is CN[C@H](CNS(=O)(=O)c1ccc([N+](=O)[O-])cc1)COC. The predicted molar refractivity (Wildman–Crippen MR) is 73.0 cm³/mol. The smallest absolute Gasteiger partial charge is 0.269 e. The number of nitro groups is 1. The van der Waals surface area contributed by atoms with Gasteiger partial charge in [-0.1, -0.05) is 0 Å². The first-order valence-corrected chi connectivity index (χ1v) is 7.29. The van der Waals surface area contributed by atoms with Crippen LogP contribution < -0.4 is 10.0 Å². The Balaban J connectivity index is 2.75. The van der Waals surface area contributed by atoms with Gasteiger partial charge in [-0.25, -0.2) is 13.1 Å². The Hall–Kier alpha value is -1.55. The maximum Gasteiger partial charge on any atom is 0.269 e. The van der Waals surface area contributed by atoms with Crippen molar-refractivity contribution < 1.29 is 18.1 Å². The molecule has 0 aliphatic rings. The number of likely N-dealkylation sites (N-methyl/N-ethyl adjacent to an activating group) is 1. The molecule has 0 heterocycles. The molecule has 1 rings (SSSR count). The van der Waals surface area contributed by atoms with Crippen LogP contribution >= 0.6 is 0 Å². The van der Waals surface area contributed by atoms with Gasteiger partial charge in [0.15, 0.2) is 0 Å². The largest absolute Gasteiger partial charge is 0.383 e. The van der Waals surface area contributed by atoms with Crippen LogP contribution in [0.15, 0.2) is 29.2 Å². The van der Waals surface area contributed by atoms with Gasteiger partial charge in [0.2, 0.25) is 10.0 Å². The van der Waals surface area contributed by atoms with Crippen molar-refractivity contribution in [2.75, 3.05) is 27.3 Å². The summed E-state index contributed by atoms with van der Waals surface area (Å²) in [6, 6.07) is 4.54. The zero-order chi connectivity index (χ0) is 15.2. The standard InChI is InChI=1S/C11H17N3O5S/c1-12-9(8-19-2)7-13-20(17,18)11-5-3-10(4-6-11)14(15)16/h3-6,9,12-13H,7-8H2,1-2H3/t9-/m1/s1. The highest BCUT2D eigenvalue weighted by atomic mass is 32.2. The Morgan fingerprint density at radius 2 is 1.95 bits per heavy atom. The molecule has 1 aromatic carbocycles. The Morgan fingerprint density at radius 1 is 1.35 bits per heavy atom. The van der Waals surface area contributed by atoms with Gasteiger partial charge in [0.1, 0.15) is 0 Å². The van der Waals surface area contributed by atoms with E-state index in [0.717, 1.165) is 12.1 Å². The monoisotopic (exact) mass is 303 g/mol. The molecule has 0 aromatic heterocycles. The molecule has 0 aliphatic heterocycles. The van der Waals surface area contributed by atoms with E-state index in [-0.39, 0.29) is 23.2 Å². The van der Waals surface area contributed by atoms with Crippen molar-refractivity contribution in [3.05, 3.63) is 34.4 Å². The summed E-state index contributed by atoms with van der Waals surface area (Å²) in [6.07, 6.45) is 0. The lowest BCUT2D eigenvalue weighted by molar-refractivity contribution is -0.384. The average Bonchev–Trinajstić information content (AvgIpc) is 2.43. The van der Waals surface area contributed by atoms with Crippen LogP contribution in [0, 0.1) is 10.1 Å². The van der Waals surface area contributed by atoms with Crippen molar-refractivity contribution in [1.29, 1.82) is 0 Å². The molecular formula is C11H17N3O5S. The minimum Gasteiger partial charge on any atom is -0.383 e. The maximum atomic E-state index is 12.0. The van der Waals surface area contributed by atoms with Crippen LogP contribution in [0.5, 0.6) is 0 Å². The lowest BCUT2D eigenvalue weighted by atomic mass is 10.3. The topological polar surface area (TPSA) is 111 Å². The molecule has 1 atom stereocenters. The van der Waals surface area contributed by atoms with Gasteiger partial charge in [-0.3, -0.25) is 10.1 Å². The molecule has 0 aliphatic carbocycles. The molecular weight excluding hydrogens is 286 g/mol. The molecule has 0 bridgehead atoms. The number of hydrogen-bond acceptors (Lipinski definition) is 6. The molecule has 2 N–H and O–H groups in total. The van der Waals surface area contributed by atoms with Crippen LogP contribution in [0.3, 0.4) is 0 Å². The van der Waals surface area contributed by atoms with Gasteiger partial charge in [0.05, 0.1) is 16.4 Å². The number of benzene rings is 1. The number of sulfonamides is 1. The molecule has 0 fully saturated rings. The summed E-state index contributed by atoms with van der Waals surface area (Å²) in [5.74, 6) is 0. The van der Waals surface area contributed by atoms with E-state index in [2.05, 4.69) is 10.0 Å². The molecule has 20 heavy (non-hydrogen) atoms. The zero-order valence-electron chi connectivity index (χ0n) is 11.2. The van der Waals surface area contributed by atoms with E-state index in [1.165, 1.54) is 19.2 Å². The highest BCUT2D eigenvalue weighted by Gasteiger charge is 2.17. The Bertz CT molecular complexity index is 544. The number of nitrogens with one attached hydrogen (secondary N) is 2. The molecule has 0 saturated heterocycles. The van der Waals surface area contributed by atoms with Crippen molar-refractivity contribution in [3.63, 3.8) is 0 Å². The van der Waals surface area contributed by atoms with Crippen molar-refractivity contribution in [2.24, 2.45) is 0 Å². The van der Waals surface area contributed by atoms with E-state index in [4.69, 9.17) is 4.74 Å². The summed E-state index contributed by atoms with van der Waals surface area (Å²) >= 11 is 0. The second-order valence-corrected chi connectivity index (χ2v) is 5.81. The number of rotatable bonds is 8. The molecule has 112 valence electrons. The van der Waals surface area contributed by atoms with Crippen LogP contribution in [0.2, 0.25) is 0 Å². The van der Waals surface area contributed by atoms with E-state index >= 15 is 0 Å². The Labute approximate surface area is 117 Å². The van der Waals surface area contributed by atoms with Gasteiger partial charge < -0.3 is 10.1 Å². The molecule has 0 saturated carbocycles. The maximum absolute atomic E-state index is 12.0. The highest BCUT2D eigenvalue weighted by Crippen LogP contribution is 2.15. The fraction of sp³-hybridized carbons (Fsp3) is 0.455. The molecule has 8 nitrogen and oxygen atoms in total.